The molecule has 0 bridgehead atoms. The third kappa shape index (κ3) is 6.56. The first-order chi connectivity index (χ1) is 13.2. The van der Waals surface area contributed by atoms with Crippen LogP contribution in [-0.4, -0.2) is 90.6 Å². The second kappa shape index (κ2) is 12.9. The first kappa shape index (κ1) is 24.6. The van der Waals surface area contributed by atoms with Gasteiger partial charge in [0.15, 0.2) is 17.5 Å². The van der Waals surface area contributed by atoms with Crippen LogP contribution < -0.4 is 19.5 Å². The fourth-order valence-electron chi connectivity index (χ4n) is 3.20. The van der Waals surface area contributed by atoms with Crippen molar-refractivity contribution in [3.63, 3.8) is 0 Å². The minimum atomic E-state index is 0. The fraction of sp³-hybridized carbons (Fsp3) is 0.632. The number of guanidine groups is 1. The Kier molecular flexibility index (Phi) is 11.3. The van der Waals surface area contributed by atoms with Gasteiger partial charge < -0.3 is 29.2 Å². The third-order valence-electron chi connectivity index (χ3n) is 4.60. The highest BCUT2D eigenvalue weighted by Gasteiger charge is 2.21. The number of piperazine rings is 1. The Morgan fingerprint density at radius 3 is 2.07 bits per heavy atom. The van der Waals surface area contributed by atoms with Gasteiger partial charge in [0.1, 0.15) is 0 Å². The number of ether oxygens (including phenoxy) is 4. The Balaban J connectivity index is 0.00000392. The van der Waals surface area contributed by atoms with Gasteiger partial charge in [0.25, 0.3) is 0 Å². The van der Waals surface area contributed by atoms with Crippen LogP contribution in [0.4, 0.5) is 0 Å². The number of nitrogens with zero attached hydrogens (tertiary/aromatic N) is 3. The molecule has 1 N–H and O–H groups in total. The Morgan fingerprint density at radius 1 is 1.00 bits per heavy atom. The average molecular weight is 508 g/mol. The summed E-state index contributed by atoms with van der Waals surface area (Å²) in [4.78, 5) is 9.06. The highest BCUT2D eigenvalue weighted by atomic mass is 127. The van der Waals surface area contributed by atoms with E-state index in [1.165, 1.54) is 0 Å². The minimum Gasteiger partial charge on any atom is -0.493 e. The molecule has 1 aromatic rings. The SMILES string of the molecule is CN=C(NCCOC)N1CCN(Cc2cc(OC)c(OC)c(OC)c2)CC1.I. The predicted octanol–water partition coefficient (Wildman–Crippen LogP) is 1.67. The topological polar surface area (TPSA) is 67.8 Å². The van der Waals surface area contributed by atoms with Crippen molar-refractivity contribution in [3.8, 4) is 17.2 Å². The van der Waals surface area contributed by atoms with E-state index in [0.29, 0.717) is 23.9 Å². The van der Waals surface area contributed by atoms with E-state index in [2.05, 4.69) is 20.1 Å². The molecule has 0 aliphatic carbocycles. The van der Waals surface area contributed by atoms with Crippen molar-refractivity contribution in [2.45, 2.75) is 6.54 Å². The summed E-state index contributed by atoms with van der Waals surface area (Å²) in [6.07, 6.45) is 0. The third-order valence-corrected chi connectivity index (χ3v) is 4.60. The van der Waals surface area contributed by atoms with Gasteiger partial charge in [-0.3, -0.25) is 9.89 Å². The molecule has 8 nitrogen and oxygen atoms in total. The van der Waals surface area contributed by atoms with Crippen molar-refractivity contribution in [2.75, 3.05) is 74.8 Å². The van der Waals surface area contributed by atoms with Crippen molar-refractivity contribution < 1.29 is 18.9 Å². The number of rotatable bonds is 8. The van der Waals surface area contributed by atoms with Crippen molar-refractivity contribution in [2.24, 2.45) is 4.99 Å². The maximum absolute atomic E-state index is 5.45. The summed E-state index contributed by atoms with van der Waals surface area (Å²) in [5.74, 6) is 2.93. The second-order valence-corrected chi connectivity index (χ2v) is 6.26. The Hall–Kier alpha value is -1.46. The van der Waals surface area contributed by atoms with Crippen molar-refractivity contribution in [1.82, 2.24) is 15.1 Å². The normalized spacial score (nSPS) is 15.0. The lowest BCUT2D eigenvalue weighted by atomic mass is 10.1. The van der Waals surface area contributed by atoms with Gasteiger partial charge in [0.05, 0.1) is 27.9 Å². The molecule has 0 aromatic heterocycles. The fourth-order valence-corrected chi connectivity index (χ4v) is 3.20. The van der Waals surface area contributed by atoms with E-state index < -0.39 is 0 Å². The van der Waals surface area contributed by atoms with Gasteiger partial charge in [-0.15, -0.1) is 24.0 Å². The van der Waals surface area contributed by atoms with Crippen LogP contribution in [0.25, 0.3) is 0 Å². The van der Waals surface area contributed by atoms with E-state index in [4.69, 9.17) is 18.9 Å². The maximum atomic E-state index is 5.45. The molecule has 0 amide bonds. The molecule has 0 atom stereocenters. The van der Waals surface area contributed by atoms with Crippen LogP contribution in [-0.2, 0) is 11.3 Å². The van der Waals surface area contributed by atoms with Gasteiger partial charge in [0.2, 0.25) is 5.75 Å². The molecular formula is C19H33IN4O4. The van der Waals surface area contributed by atoms with E-state index in [9.17, 15) is 0 Å². The van der Waals surface area contributed by atoms with Crippen LogP contribution in [0.1, 0.15) is 5.56 Å². The van der Waals surface area contributed by atoms with E-state index in [1.54, 1.807) is 28.4 Å². The molecule has 0 radical (unpaired) electrons. The molecule has 1 fully saturated rings. The van der Waals surface area contributed by atoms with E-state index >= 15 is 0 Å². The lowest BCUT2D eigenvalue weighted by Gasteiger charge is -2.36. The summed E-state index contributed by atoms with van der Waals surface area (Å²) < 4.78 is 21.4. The first-order valence-electron chi connectivity index (χ1n) is 9.12. The number of methoxy groups -OCH3 is 4. The van der Waals surface area contributed by atoms with Gasteiger partial charge in [-0.25, -0.2) is 0 Å². The predicted molar refractivity (Wildman–Crippen MR) is 122 cm³/mol. The highest BCUT2D eigenvalue weighted by Crippen LogP contribution is 2.38. The summed E-state index contributed by atoms with van der Waals surface area (Å²) >= 11 is 0. The summed E-state index contributed by atoms with van der Waals surface area (Å²) in [6.45, 7) is 6.03. The van der Waals surface area contributed by atoms with Crippen molar-refractivity contribution in [3.05, 3.63) is 17.7 Å². The molecule has 28 heavy (non-hydrogen) atoms. The summed E-state index contributed by atoms with van der Waals surface area (Å²) in [5, 5.41) is 3.33. The van der Waals surface area contributed by atoms with Crippen LogP contribution in [0, 0.1) is 0 Å². The lowest BCUT2D eigenvalue weighted by Crippen LogP contribution is -2.52. The Labute approximate surface area is 185 Å². The van der Waals surface area contributed by atoms with Crippen molar-refractivity contribution in [1.29, 1.82) is 0 Å². The maximum Gasteiger partial charge on any atom is 0.203 e. The molecule has 2 rings (SSSR count). The Bertz CT molecular complexity index is 597. The molecule has 0 spiro atoms. The minimum absolute atomic E-state index is 0. The quantitative estimate of drug-likeness (QED) is 0.248. The van der Waals surface area contributed by atoms with E-state index in [0.717, 1.165) is 50.8 Å². The average Bonchev–Trinajstić information content (AvgIpc) is 2.71. The zero-order valence-corrected chi connectivity index (χ0v) is 19.8. The Morgan fingerprint density at radius 2 is 1.61 bits per heavy atom. The van der Waals surface area contributed by atoms with Gasteiger partial charge in [0, 0.05) is 53.4 Å². The number of hydrogen-bond acceptors (Lipinski definition) is 6. The van der Waals surface area contributed by atoms with Crippen LogP contribution >= 0.6 is 24.0 Å². The van der Waals surface area contributed by atoms with Crippen LogP contribution in [0.15, 0.2) is 17.1 Å². The molecule has 160 valence electrons. The summed E-state index contributed by atoms with van der Waals surface area (Å²) in [6, 6.07) is 4.03. The molecule has 9 heteroatoms. The number of benzene rings is 1. The molecule has 1 aromatic carbocycles. The van der Waals surface area contributed by atoms with Crippen LogP contribution in [0.3, 0.4) is 0 Å². The zero-order valence-electron chi connectivity index (χ0n) is 17.5. The molecular weight excluding hydrogens is 475 g/mol. The standard InChI is InChI=1S/C19H32N4O4.HI/c1-20-19(21-6-11-24-2)23-9-7-22(8-10-23)14-15-12-16(25-3)18(27-5)17(13-15)26-4;/h12-13H,6-11,14H2,1-5H3,(H,20,21);1H. The first-order valence-corrected chi connectivity index (χ1v) is 9.12. The van der Waals surface area contributed by atoms with Crippen LogP contribution in [0.5, 0.6) is 17.2 Å². The number of aliphatic imine (C=N–C) groups is 1. The van der Waals surface area contributed by atoms with Gasteiger partial charge >= 0.3 is 0 Å². The smallest absolute Gasteiger partial charge is 0.203 e. The second-order valence-electron chi connectivity index (χ2n) is 6.26. The largest absolute Gasteiger partial charge is 0.493 e. The summed E-state index contributed by atoms with van der Waals surface area (Å²) in [7, 11) is 8.42. The molecule has 0 unspecified atom stereocenters. The van der Waals surface area contributed by atoms with Gasteiger partial charge in [-0.05, 0) is 17.7 Å². The number of nitrogens with one attached hydrogen (secondary N) is 1. The molecule has 1 aliphatic rings. The molecule has 0 saturated carbocycles. The monoisotopic (exact) mass is 508 g/mol. The lowest BCUT2D eigenvalue weighted by molar-refractivity contribution is 0.169. The zero-order chi connectivity index (χ0) is 19.6. The molecule has 1 saturated heterocycles. The summed E-state index contributed by atoms with van der Waals surface area (Å²) in [5.41, 5.74) is 1.14. The van der Waals surface area contributed by atoms with Crippen LogP contribution in [0.2, 0.25) is 0 Å². The van der Waals surface area contributed by atoms with Gasteiger partial charge in [-0.1, -0.05) is 0 Å². The van der Waals surface area contributed by atoms with E-state index in [1.807, 2.05) is 19.2 Å². The number of hydrogen-bond donors (Lipinski definition) is 1. The molecule has 1 aliphatic heterocycles. The van der Waals surface area contributed by atoms with Gasteiger partial charge in [-0.2, -0.15) is 0 Å². The highest BCUT2D eigenvalue weighted by molar-refractivity contribution is 14.0. The number of halogens is 1. The molecule has 1 heterocycles. The van der Waals surface area contributed by atoms with E-state index in [-0.39, 0.29) is 24.0 Å². The van der Waals surface area contributed by atoms with Crippen molar-refractivity contribution >= 4 is 29.9 Å².